The number of nitrogens with two attached hydrogens (primary N) is 1. The summed E-state index contributed by atoms with van der Waals surface area (Å²) >= 11 is 0. The maximum absolute atomic E-state index is 12.2. The minimum atomic E-state index is -0.408. The Kier molecular flexibility index (Phi) is 6.78. The molecule has 0 spiro atoms. The first kappa shape index (κ1) is 17.6. The molecule has 1 aromatic carbocycles. The Morgan fingerprint density at radius 3 is 2.71 bits per heavy atom. The molecule has 0 bridgehead atoms. The quantitative estimate of drug-likeness (QED) is 0.875. The van der Waals surface area contributed by atoms with Gasteiger partial charge in [-0.05, 0) is 31.0 Å². The zero-order valence-electron chi connectivity index (χ0n) is 12.5. The Morgan fingerprint density at radius 1 is 1.33 bits per heavy atom. The maximum Gasteiger partial charge on any atom is 0.239 e. The number of rotatable bonds is 6. The molecule has 5 nitrogen and oxygen atoms in total. The number of fused-ring (bicyclic) bond motifs is 1. The van der Waals surface area contributed by atoms with Crippen LogP contribution in [0.15, 0.2) is 18.2 Å². The minimum absolute atomic E-state index is 0. The third kappa shape index (κ3) is 4.25. The molecule has 21 heavy (non-hydrogen) atoms. The highest BCUT2D eigenvalue weighted by Crippen LogP contribution is 2.32. The largest absolute Gasteiger partial charge is 0.454 e. The summed E-state index contributed by atoms with van der Waals surface area (Å²) in [5, 5.41) is 0. The SMILES string of the molecule is CCCC(N)C(=O)N(CC)Cc1ccc2c(c1)OCO2.Cl. The van der Waals surface area contributed by atoms with Crippen molar-refractivity contribution in [1.82, 2.24) is 4.90 Å². The van der Waals surface area contributed by atoms with E-state index in [0.29, 0.717) is 13.1 Å². The van der Waals surface area contributed by atoms with Gasteiger partial charge in [0, 0.05) is 13.1 Å². The third-order valence-electron chi connectivity index (χ3n) is 3.42. The Balaban J connectivity index is 0.00000220. The van der Waals surface area contributed by atoms with E-state index in [0.717, 1.165) is 29.9 Å². The fourth-order valence-electron chi connectivity index (χ4n) is 2.27. The van der Waals surface area contributed by atoms with E-state index in [1.54, 1.807) is 4.90 Å². The number of hydrogen-bond acceptors (Lipinski definition) is 4. The van der Waals surface area contributed by atoms with Crippen LogP contribution in [-0.4, -0.2) is 30.2 Å². The molecule has 1 aliphatic heterocycles. The van der Waals surface area contributed by atoms with Gasteiger partial charge in [0.05, 0.1) is 6.04 Å². The van der Waals surface area contributed by atoms with Crippen molar-refractivity contribution >= 4 is 18.3 Å². The van der Waals surface area contributed by atoms with Crippen LogP contribution in [0.1, 0.15) is 32.3 Å². The van der Waals surface area contributed by atoms with E-state index in [4.69, 9.17) is 15.2 Å². The molecule has 0 aliphatic carbocycles. The van der Waals surface area contributed by atoms with Gasteiger partial charge in [0.15, 0.2) is 11.5 Å². The second-order valence-corrected chi connectivity index (χ2v) is 4.94. The van der Waals surface area contributed by atoms with Gasteiger partial charge in [0.25, 0.3) is 0 Å². The molecular weight excluding hydrogens is 292 g/mol. The van der Waals surface area contributed by atoms with E-state index < -0.39 is 6.04 Å². The van der Waals surface area contributed by atoms with Gasteiger partial charge >= 0.3 is 0 Å². The monoisotopic (exact) mass is 314 g/mol. The predicted molar refractivity (Wildman–Crippen MR) is 83.8 cm³/mol. The molecular formula is C15H23ClN2O3. The number of hydrogen-bond donors (Lipinski definition) is 1. The van der Waals surface area contributed by atoms with E-state index in [9.17, 15) is 4.79 Å². The number of nitrogens with zero attached hydrogens (tertiary/aromatic N) is 1. The molecule has 2 N–H and O–H groups in total. The topological polar surface area (TPSA) is 64.8 Å². The number of carbonyl (C=O) groups excluding carboxylic acids is 1. The minimum Gasteiger partial charge on any atom is -0.454 e. The molecule has 0 radical (unpaired) electrons. The van der Waals surface area contributed by atoms with Crippen LogP contribution in [-0.2, 0) is 11.3 Å². The molecule has 1 amide bonds. The van der Waals surface area contributed by atoms with Gasteiger partial charge in [-0.25, -0.2) is 0 Å². The van der Waals surface area contributed by atoms with Crippen molar-refractivity contribution in [2.45, 2.75) is 39.3 Å². The van der Waals surface area contributed by atoms with Crippen LogP contribution < -0.4 is 15.2 Å². The van der Waals surface area contributed by atoms with Crippen LogP contribution in [0.3, 0.4) is 0 Å². The van der Waals surface area contributed by atoms with Gasteiger partial charge in [-0.2, -0.15) is 0 Å². The lowest BCUT2D eigenvalue weighted by atomic mass is 10.1. The number of carbonyl (C=O) groups is 1. The van der Waals surface area contributed by atoms with Gasteiger partial charge in [-0.1, -0.05) is 19.4 Å². The second-order valence-electron chi connectivity index (χ2n) is 4.94. The summed E-state index contributed by atoms with van der Waals surface area (Å²) in [5.74, 6) is 1.50. The fraction of sp³-hybridized carbons (Fsp3) is 0.533. The van der Waals surface area contributed by atoms with E-state index in [-0.39, 0.29) is 25.1 Å². The van der Waals surface area contributed by atoms with Crippen molar-refractivity contribution in [1.29, 1.82) is 0 Å². The summed E-state index contributed by atoms with van der Waals surface area (Å²) in [6, 6.07) is 5.34. The zero-order chi connectivity index (χ0) is 14.5. The van der Waals surface area contributed by atoms with Crippen LogP contribution in [0.2, 0.25) is 0 Å². The summed E-state index contributed by atoms with van der Waals surface area (Å²) in [4.78, 5) is 14.0. The van der Waals surface area contributed by atoms with Crippen LogP contribution in [0, 0.1) is 0 Å². The lowest BCUT2D eigenvalue weighted by Gasteiger charge is -2.24. The Labute approximate surface area is 131 Å². The number of halogens is 1. The van der Waals surface area contributed by atoms with Crippen molar-refractivity contribution < 1.29 is 14.3 Å². The Hall–Kier alpha value is -1.46. The molecule has 1 atom stereocenters. The predicted octanol–water partition coefficient (Wildman–Crippen LogP) is 2.31. The van der Waals surface area contributed by atoms with Crippen LogP contribution in [0.25, 0.3) is 0 Å². The van der Waals surface area contributed by atoms with Gasteiger partial charge in [-0.3, -0.25) is 4.79 Å². The summed E-state index contributed by atoms with van der Waals surface area (Å²) in [6.07, 6.45) is 1.63. The third-order valence-corrected chi connectivity index (χ3v) is 3.42. The summed E-state index contributed by atoms with van der Waals surface area (Å²) in [6.45, 7) is 5.44. The second kappa shape index (κ2) is 8.10. The van der Waals surface area contributed by atoms with Crippen LogP contribution in [0.4, 0.5) is 0 Å². The molecule has 0 saturated carbocycles. The zero-order valence-corrected chi connectivity index (χ0v) is 13.3. The average molecular weight is 315 g/mol. The van der Waals surface area contributed by atoms with Crippen molar-refractivity contribution in [3.8, 4) is 11.5 Å². The normalized spacial score (nSPS) is 13.5. The highest BCUT2D eigenvalue weighted by molar-refractivity contribution is 5.85. The highest BCUT2D eigenvalue weighted by Gasteiger charge is 2.20. The van der Waals surface area contributed by atoms with E-state index >= 15 is 0 Å². The Bertz CT molecular complexity index is 482. The lowest BCUT2D eigenvalue weighted by molar-refractivity contribution is -0.133. The first-order chi connectivity index (χ1) is 9.65. The summed E-state index contributed by atoms with van der Waals surface area (Å²) in [5.41, 5.74) is 6.93. The average Bonchev–Trinajstić information content (AvgIpc) is 2.91. The lowest BCUT2D eigenvalue weighted by Crippen LogP contribution is -2.43. The highest BCUT2D eigenvalue weighted by atomic mass is 35.5. The van der Waals surface area contributed by atoms with Gasteiger partial charge in [0.2, 0.25) is 12.7 Å². The first-order valence-electron chi connectivity index (χ1n) is 7.08. The molecule has 118 valence electrons. The molecule has 0 fully saturated rings. The molecule has 1 heterocycles. The molecule has 2 rings (SSSR count). The van der Waals surface area contributed by atoms with Gasteiger partial charge in [0.1, 0.15) is 0 Å². The van der Waals surface area contributed by atoms with E-state index in [1.165, 1.54) is 0 Å². The standard InChI is InChI=1S/C15H22N2O3.ClH/c1-3-5-12(16)15(18)17(4-2)9-11-6-7-13-14(8-11)20-10-19-13;/h6-8,12H,3-5,9-10,16H2,1-2H3;1H. The van der Waals surface area contributed by atoms with Crippen molar-refractivity contribution in [2.24, 2.45) is 5.73 Å². The summed E-state index contributed by atoms with van der Waals surface area (Å²) < 4.78 is 10.6. The molecule has 0 saturated heterocycles. The maximum atomic E-state index is 12.2. The Morgan fingerprint density at radius 2 is 2.05 bits per heavy atom. The van der Waals surface area contributed by atoms with Crippen molar-refractivity contribution in [3.05, 3.63) is 23.8 Å². The molecule has 1 aromatic rings. The van der Waals surface area contributed by atoms with Gasteiger partial charge in [-0.15, -0.1) is 12.4 Å². The van der Waals surface area contributed by atoms with Crippen molar-refractivity contribution in [2.75, 3.05) is 13.3 Å². The molecule has 6 heteroatoms. The van der Waals surface area contributed by atoms with Crippen LogP contribution in [0.5, 0.6) is 11.5 Å². The number of amides is 1. The van der Waals surface area contributed by atoms with E-state index in [1.807, 2.05) is 32.0 Å². The van der Waals surface area contributed by atoms with E-state index in [2.05, 4.69) is 0 Å². The van der Waals surface area contributed by atoms with Crippen LogP contribution >= 0.6 is 12.4 Å². The molecule has 1 aliphatic rings. The molecule has 0 aromatic heterocycles. The fourth-order valence-corrected chi connectivity index (χ4v) is 2.27. The molecule has 1 unspecified atom stereocenters. The van der Waals surface area contributed by atoms with Gasteiger partial charge < -0.3 is 20.1 Å². The smallest absolute Gasteiger partial charge is 0.239 e. The number of ether oxygens (including phenoxy) is 2. The first-order valence-corrected chi connectivity index (χ1v) is 7.08. The summed E-state index contributed by atoms with van der Waals surface area (Å²) in [7, 11) is 0. The number of benzene rings is 1. The number of likely N-dealkylation sites (N-methyl/N-ethyl adjacent to an activating group) is 1. The van der Waals surface area contributed by atoms with Crippen molar-refractivity contribution in [3.63, 3.8) is 0 Å².